The van der Waals surface area contributed by atoms with Gasteiger partial charge in [-0.3, -0.25) is 0 Å². The summed E-state index contributed by atoms with van der Waals surface area (Å²) >= 11 is 0. The summed E-state index contributed by atoms with van der Waals surface area (Å²) in [5.74, 6) is 0.825. The number of nitrogens with one attached hydrogen (secondary N) is 1. The lowest BCUT2D eigenvalue weighted by Crippen LogP contribution is -2.36. The molecule has 0 spiro atoms. The van der Waals surface area contributed by atoms with E-state index in [1.54, 1.807) is 19.2 Å². The van der Waals surface area contributed by atoms with Crippen molar-refractivity contribution in [3.05, 3.63) is 23.3 Å². The van der Waals surface area contributed by atoms with E-state index in [0.29, 0.717) is 4.90 Å². The lowest BCUT2D eigenvalue weighted by molar-refractivity contribution is 0.404. The molecule has 0 unspecified atom stereocenters. The first kappa shape index (κ1) is 15.8. The van der Waals surface area contributed by atoms with Crippen LogP contribution in [0, 0.1) is 0 Å². The molecule has 0 saturated heterocycles. The van der Waals surface area contributed by atoms with Crippen LogP contribution < -0.4 is 9.46 Å². The van der Waals surface area contributed by atoms with Gasteiger partial charge in [-0.15, -0.1) is 0 Å². The van der Waals surface area contributed by atoms with Gasteiger partial charge in [-0.2, -0.15) is 0 Å². The SMILES string of the molecule is COc1ccc(S(=O)(=O)NC2CCCCC2)c2c1CCCC2. The molecule has 1 fully saturated rings. The zero-order valence-corrected chi connectivity index (χ0v) is 14.0. The third kappa shape index (κ3) is 3.15. The predicted octanol–water partition coefficient (Wildman–Crippen LogP) is 3.19. The summed E-state index contributed by atoms with van der Waals surface area (Å²) in [5, 5.41) is 0. The number of hydrogen-bond acceptors (Lipinski definition) is 3. The minimum absolute atomic E-state index is 0.0973. The summed E-state index contributed by atoms with van der Waals surface area (Å²) in [6.07, 6.45) is 9.25. The molecule has 0 aliphatic heterocycles. The average Bonchev–Trinajstić information content (AvgIpc) is 2.54. The zero-order valence-electron chi connectivity index (χ0n) is 13.2. The molecule has 22 heavy (non-hydrogen) atoms. The van der Waals surface area contributed by atoms with Crippen molar-refractivity contribution in [3.63, 3.8) is 0 Å². The Morgan fingerprint density at radius 2 is 1.68 bits per heavy atom. The van der Waals surface area contributed by atoms with Gasteiger partial charge in [-0.05, 0) is 61.8 Å². The van der Waals surface area contributed by atoms with E-state index < -0.39 is 10.0 Å². The topological polar surface area (TPSA) is 55.4 Å². The van der Waals surface area contributed by atoms with E-state index in [1.807, 2.05) is 0 Å². The number of rotatable bonds is 4. The van der Waals surface area contributed by atoms with E-state index in [4.69, 9.17) is 4.74 Å². The number of ether oxygens (including phenoxy) is 1. The van der Waals surface area contributed by atoms with Gasteiger partial charge in [0.05, 0.1) is 12.0 Å². The monoisotopic (exact) mass is 323 g/mol. The molecular weight excluding hydrogens is 298 g/mol. The number of hydrogen-bond donors (Lipinski definition) is 1. The van der Waals surface area contributed by atoms with E-state index in [1.165, 1.54) is 6.42 Å². The highest BCUT2D eigenvalue weighted by molar-refractivity contribution is 7.89. The fourth-order valence-corrected chi connectivity index (χ4v) is 5.35. The second kappa shape index (κ2) is 6.59. The molecule has 0 aromatic heterocycles. The van der Waals surface area contributed by atoms with Gasteiger partial charge in [0.15, 0.2) is 0 Å². The van der Waals surface area contributed by atoms with Crippen molar-refractivity contribution in [2.24, 2.45) is 0 Å². The van der Waals surface area contributed by atoms with Crippen molar-refractivity contribution in [1.29, 1.82) is 0 Å². The molecule has 1 saturated carbocycles. The van der Waals surface area contributed by atoms with Crippen molar-refractivity contribution in [2.75, 3.05) is 7.11 Å². The summed E-state index contributed by atoms with van der Waals surface area (Å²) in [7, 11) is -1.78. The zero-order chi connectivity index (χ0) is 15.6. The molecular formula is C17H25NO3S. The summed E-state index contributed by atoms with van der Waals surface area (Å²) in [5.41, 5.74) is 2.05. The van der Waals surface area contributed by atoms with Crippen LogP contribution in [0.3, 0.4) is 0 Å². The average molecular weight is 323 g/mol. The Balaban J connectivity index is 1.93. The molecule has 1 N–H and O–H groups in total. The maximum atomic E-state index is 12.8. The van der Waals surface area contributed by atoms with Gasteiger partial charge in [-0.25, -0.2) is 13.1 Å². The first-order valence-electron chi connectivity index (χ1n) is 8.33. The molecule has 5 heteroatoms. The summed E-state index contributed by atoms with van der Waals surface area (Å²) < 4.78 is 34.0. The predicted molar refractivity (Wildman–Crippen MR) is 86.8 cm³/mol. The molecule has 0 bridgehead atoms. The molecule has 0 amide bonds. The van der Waals surface area contributed by atoms with Crippen LogP contribution in [0.1, 0.15) is 56.1 Å². The maximum absolute atomic E-state index is 12.8. The summed E-state index contributed by atoms with van der Waals surface area (Å²) in [6, 6.07) is 3.62. The molecule has 2 aliphatic carbocycles. The summed E-state index contributed by atoms with van der Waals surface area (Å²) in [6.45, 7) is 0. The van der Waals surface area contributed by atoms with Crippen LogP contribution in [0.15, 0.2) is 17.0 Å². The van der Waals surface area contributed by atoms with Gasteiger partial charge in [0, 0.05) is 6.04 Å². The van der Waals surface area contributed by atoms with Crippen molar-refractivity contribution in [3.8, 4) is 5.75 Å². The van der Waals surface area contributed by atoms with Crippen molar-refractivity contribution in [1.82, 2.24) is 4.72 Å². The van der Waals surface area contributed by atoms with Crippen LogP contribution in [-0.4, -0.2) is 21.6 Å². The number of sulfonamides is 1. The minimum atomic E-state index is -3.43. The molecule has 4 nitrogen and oxygen atoms in total. The number of fused-ring (bicyclic) bond motifs is 1. The van der Waals surface area contributed by atoms with Crippen molar-refractivity contribution in [2.45, 2.75) is 68.7 Å². The second-order valence-electron chi connectivity index (χ2n) is 6.39. The normalized spacial score (nSPS) is 19.7. The highest BCUT2D eigenvalue weighted by atomic mass is 32.2. The fraction of sp³-hybridized carbons (Fsp3) is 0.647. The van der Waals surface area contributed by atoms with E-state index >= 15 is 0 Å². The Labute approximate surface area is 133 Å². The van der Waals surface area contributed by atoms with Gasteiger partial charge in [0.2, 0.25) is 10.0 Å². The quantitative estimate of drug-likeness (QED) is 0.926. The van der Waals surface area contributed by atoms with E-state index in [0.717, 1.165) is 68.2 Å². The molecule has 0 heterocycles. The lowest BCUT2D eigenvalue weighted by atomic mass is 9.91. The van der Waals surface area contributed by atoms with E-state index in [-0.39, 0.29) is 6.04 Å². The van der Waals surface area contributed by atoms with Crippen molar-refractivity contribution >= 4 is 10.0 Å². The molecule has 122 valence electrons. The first-order chi connectivity index (χ1) is 10.6. The molecule has 0 radical (unpaired) electrons. The fourth-order valence-electron chi connectivity index (χ4n) is 3.75. The molecule has 1 aromatic carbocycles. The van der Waals surface area contributed by atoms with Gasteiger partial charge in [0.1, 0.15) is 5.75 Å². The van der Waals surface area contributed by atoms with Crippen LogP contribution in [0.5, 0.6) is 5.75 Å². The van der Waals surface area contributed by atoms with Gasteiger partial charge in [-0.1, -0.05) is 19.3 Å². The third-order valence-corrected chi connectivity index (χ3v) is 6.49. The molecule has 1 aromatic rings. The van der Waals surface area contributed by atoms with Crippen LogP contribution >= 0.6 is 0 Å². The summed E-state index contributed by atoms with van der Waals surface area (Å²) in [4.78, 5) is 0.466. The largest absolute Gasteiger partial charge is 0.496 e. The Kier molecular flexibility index (Phi) is 4.73. The maximum Gasteiger partial charge on any atom is 0.241 e. The molecule has 0 atom stereocenters. The van der Waals surface area contributed by atoms with Crippen molar-refractivity contribution < 1.29 is 13.2 Å². The van der Waals surface area contributed by atoms with E-state index in [2.05, 4.69) is 4.72 Å². The Morgan fingerprint density at radius 3 is 2.36 bits per heavy atom. The Morgan fingerprint density at radius 1 is 1.00 bits per heavy atom. The standard InChI is InChI=1S/C17H25NO3S/c1-21-16-11-12-17(15-10-6-5-9-14(15)16)22(19,20)18-13-7-3-2-4-8-13/h11-13,18H,2-10H2,1H3. The van der Waals surface area contributed by atoms with Crippen LogP contribution in [0.2, 0.25) is 0 Å². The van der Waals surface area contributed by atoms with Crippen LogP contribution in [-0.2, 0) is 22.9 Å². The number of benzene rings is 1. The highest BCUT2D eigenvalue weighted by Gasteiger charge is 2.27. The van der Waals surface area contributed by atoms with Gasteiger partial charge in [0.25, 0.3) is 0 Å². The van der Waals surface area contributed by atoms with Gasteiger partial charge >= 0.3 is 0 Å². The van der Waals surface area contributed by atoms with Crippen LogP contribution in [0.25, 0.3) is 0 Å². The molecule has 2 aliphatic rings. The number of methoxy groups -OCH3 is 1. The first-order valence-corrected chi connectivity index (χ1v) is 9.81. The van der Waals surface area contributed by atoms with Crippen LogP contribution in [0.4, 0.5) is 0 Å². The minimum Gasteiger partial charge on any atom is -0.496 e. The van der Waals surface area contributed by atoms with Gasteiger partial charge < -0.3 is 4.74 Å². The second-order valence-corrected chi connectivity index (χ2v) is 8.07. The lowest BCUT2D eigenvalue weighted by Gasteiger charge is -2.25. The van der Waals surface area contributed by atoms with E-state index in [9.17, 15) is 8.42 Å². The molecule has 3 rings (SSSR count). The highest BCUT2D eigenvalue weighted by Crippen LogP contribution is 2.34. The Hall–Kier alpha value is -1.07. The smallest absolute Gasteiger partial charge is 0.241 e. The Bertz CT molecular complexity index is 634. The third-order valence-electron chi connectivity index (χ3n) is 4.89.